The van der Waals surface area contributed by atoms with Gasteiger partial charge in [-0.1, -0.05) is 23.3 Å². The molecule has 3 aromatic rings. The van der Waals surface area contributed by atoms with Gasteiger partial charge in [-0.25, -0.2) is 9.97 Å². The summed E-state index contributed by atoms with van der Waals surface area (Å²) >= 11 is 0. The summed E-state index contributed by atoms with van der Waals surface area (Å²) in [4.78, 5) is 23.9. The number of aryl methyl sites for hydroxylation is 1. The first kappa shape index (κ1) is 51.6. The highest BCUT2D eigenvalue weighted by Gasteiger charge is 2.47. The molecule has 1 spiro atoms. The normalized spacial score (nSPS) is 13.7. The van der Waals surface area contributed by atoms with E-state index in [1.54, 1.807) is 6.92 Å². The maximum absolute atomic E-state index is 9.58. The van der Waals surface area contributed by atoms with Gasteiger partial charge in [0.15, 0.2) is 5.84 Å². The molecule has 4 aliphatic rings. The van der Waals surface area contributed by atoms with Gasteiger partial charge in [0.05, 0.1) is 41.4 Å². The number of hydrogen-bond acceptors (Lipinski definition) is 10. The molecule has 17 nitrogen and oxygen atoms in total. The Labute approximate surface area is 434 Å². The van der Waals surface area contributed by atoms with Gasteiger partial charge in [0, 0.05) is 94.9 Å². The van der Waals surface area contributed by atoms with Crippen molar-refractivity contribution >= 4 is 17.3 Å². The van der Waals surface area contributed by atoms with Crippen molar-refractivity contribution in [1.29, 1.82) is 10.8 Å². The van der Waals surface area contributed by atoms with E-state index in [4.69, 9.17) is 32.6 Å². The fraction of sp³-hybridized carbons (Fsp3) is 0.218. The molecular formula is C55H57N17. The van der Waals surface area contributed by atoms with Gasteiger partial charge in [-0.15, -0.1) is 6.42 Å². The number of terminal acetylenes is 1. The zero-order valence-corrected chi connectivity index (χ0v) is 38.5. The molecule has 2 aromatic heterocycles. The minimum Gasteiger partial charge on any atom is -0.355 e. The maximum Gasteiger partial charge on any atom is 0.156 e. The number of hydrogen-bond donors (Lipinski definition) is 3. The van der Waals surface area contributed by atoms with Crippen LogP contribution in [-0.2, 0) is 19.4 Å². The molecule has 1 atom stereocenters. The predicted molar refractivity (Wildman–Crippen MR) is 293 cm³/mol. The molecule has 1 saturated heterocycles. The fourth-order valence-electron chi connectivity index (χ4n) is 7.46. The van der Waals surface area contributed by atoms with E-state index in [1.165, 1.54) is 5.56 Å². The molecule has 0 unspecified atom stereocenters. The number of rotatable bonds is 4. The summed E-state index contributed by atoms with van der Waals surface area (Å²) < 4.78 is 0. The number of nitrogens with one attached hydrogen (secondary N) is 1. The summed E-state index contributed by atoms with van der Waals surface area (Å²) in [5.74, 6) is 68.2. The fourth-order valence-corrected chi connectivity index (χ4v) is 7.46. The highest BCUT2D eigenvalue weighted by Crippen LogP contribution is 2.52. The average molecular weight is 956 g/mol. The van der Waals surface area contributed by atoms with Crippen molar-refractivity contribution in [3.63, 3.8) is 0 Å². The van der Waals surface area contributed by atoms with Crippen LogP contribution in [0, 0.1) is 177 Å². The third kappa shape index (κ3) is 15.4. The Hall–Kier alpha value is -11.3. The number of anilines is 2. The van der Waals surface area contributed by atoms with Crippen LogP contribution < -0.4 is 21.4 Å². The van der Waals surface area contributed by atoms with Gasteiger partial charge in [-0.3, -0.25) is 9.98 Å². The summed E-state index contributed by atoms with van der Waals surface area (Å²) in [6, 6.07) is 12.4. The molecule has 5 N–H and O–H groups in total. The molecule has 17 heteroatoms. The number of benzene rings is 1. The highest BCUT2D eigenvalue weighted by molar-refractivity contribution is 6.11. The van der Waals surface area contributed by atoms with Crippen molar-refractivity contribution in [1.82, 2.24) is 15.0 Å². The lowest BCUT2D eigenvalue weighted by Crippen LogP contribution is -2.44. The van der Waals surface area contributed by atoms with E-state index < -0.39 is 0 Å². The average Bonchev–Trinajstić information content (AvgIpc) is 3.96. The summed E-state index contributed by atoms with van der Waals surface area (Å²) in [7, 11) is 0. The first-order valence-electron chi connectivity index (χ1n) is 21.3. The molecule has 0 amide bonds. The third-order valence-corrected chi connectivity index (χ3v) is 10.4. The number of aliphatic imine (C=N–C) groups is 1. The van der Waals surface area contributed by atoms with Gasteiger partial charge in [0.2, 0.25) is 0 Å². The van der Waals surface area contributed by atoms with Crippen LogP contribution in [0.25, 0.3) is 0 Å². The molecule has 7 rings (SSSR count). The lowest BCUT2D eigenvalue weighted by molar-refractivity contribution is 0.187. The monoisotopic (exact) mass is 955 g/mol. The molecule has 1 aliphatic carbocycles. The van der Waals surface area contributed by atoms with Crippen molar-refractivity contribution in [2.24, 2.45) is 58.5 Å². The van der Waals surface area contributed by atoms with E-state index in [0.717, 1.165) is 97.3 Å². The van der Waals surface area contributed by atoms with Crippen LogP contribution in [-0.4, -0.2) is 40.4 Å². The first-order chi connectivity index (χ1) is 35.5. The summed E-state index contributed by atoms with van der Waals surface area (Å²) in [5, 5.41) is 29.0. The minimum absolute atomic E-state index is 0. The Morgan fingerprint density at radius 2 is 1.32 bits per heavy atom. The van der Waals surface area contributed by atoms with Crippen LogP contribution in [0.3, 0.4) is 0 Å². The van der Waals surface area contributed by atoms with E-state index in [1.807, 2.05) is 30.6 Å². The van der Waals surface area contributed by atoms with Crippen molar-refractivity contribution in [2.75, 3.05) is 29.4 Å². The zero-order valence-electron chi connectivity index (χ0n) is 38.5. The second-order valence-corrected chi connectivity index (χ2v) is 14.3. The second-order valence-electron chi connectivity index (χ2n) is 14.3. The first-order valence-corrected chi connectivity index (χ1v) is 21.3. The van der Waals surface area contributed by atoms with Gasteiger partial charge < -0.3 is 21.4 Å². The molecule has 1 fully saturated rings. The third-order valence-electron chi connectivity index (χ3n) is 10.4. The Morgan fingerprint density at radius 1 is 0.736 bits per heavy atom. The maximum atomic E-state index is 9.58. The number of nitrogens with zero attached hydrogens (tertiary/aromatic N) is 14. The molecule has 3 aliphatic heterocycles. The van der Waals surface area contributed by atoms with Crippen molar-refractivity contribution in [3.8, 4) is 161 Å². The van der Waals surface area contributed by atoms with Gasteiger partial charge in [0.25, 0.3) is 0 Å². The molecule has 5 heterocycles. The van der Waals surface area contributed by atoms with Crippen LogP contribution in [0.1, 0.15) is 81.7 Å². The molecule has 0 saturated carbocycles. The van der Waals surface area contributed by atoms with E-state index >= 15 is 0 Å². The quantitative estimate of drug-likeness (QED) is 0.101. The number of nitrogens with two attached hydrogens (primary N) is 2. The molecule has 72 heavy (non-hydrogen) atoms. The molecular weight excluding hydrogens is 899 g/mol. The summed E-state index contributed by atoms with van der Waals surface area (Å²) in [6.45, 7) is 4.95. The lowest BCUT2D eigenvalue weighted by atomic mass is 9.73. The molecule has 1 aromatic carbocycles. The topological polar surface area (TPSA) is 244 Å². The zero-order chi connectivity index (χ0) is 50.9. The Balaban J connectivity index is -0.000000223. The smallest absolute Gasteiger partial charge is 0.156 e. The molecule has 362 valence electrons. The van der Waals surface area contributed by atoms with Crippen molar-refractivity contribution < 1.29 is 15.7 Å². The van der Waals surface area contributed by atoms with Crippen molar-refractivity contribution in [3.05, 3.63) is 76.5 Å². The Kier molecular flexibility index (Phi) is 21.0. The molecule has 0 bridgehead atoms. The number of amidine groups is 1. The van der Waals surface area contributed by atoms with Crippen molar-refractivity contribution in [2.45, 2.75) is 51.6 Å². The largest absolute Gasteiger partial charge is 0.355 e. The van der Waals surface area contributed by atoms with Crippen LogP contribution in [0.2, 0.25) is 0 Å². The Morgan fingerprint density at radius 3 is 1.89 bits per heavy atom. The number of aromatic nitrogens is 3. The minimum atomic E-state index is -0.0885. The second kappa shape index (κ2) is 29.3. The Bertz CT molecular complexity index is 3650. The van der Waals surface area contributed by atoms with Gasteiger partial charge in [-0.05, 0) is 200 Å². The van der Waals surface area contributed by atoms with E-state index in [0.29, 0.717) is 6.54 Å². The van der Waals surface area contributed by atoms with E-state index in [9.17, 15) is 5.26 Å². The lowest BCUT2D eigenvalue weighted by Gasteiger charge is -2.42. The van der Waals surface area contributed by atoms with E-state index in [2.05, 4.69) is 223 Å². The van der Waals surface area contributed by atoms with Crippen LogP contribution >= 0.6 is 0 Å². The number of piperidine rings is 1. The van der Waals surface area contributed by atoms with E-state index in [-0.39, 0.29) is 27.1 Å². The predicted octanol–water partition coefficient (Wildman–Crippen LogP) is 7.68. The van der Waals surface area contributed by atoms with Gasteiger partial charge >= 0.3 is 0 Å². The molecule has 0 radical (unpaired) electrons. The highest BCUT2D eigenvalue weighted by atomic mass is 15.6. The summed E-state index contributed by atoms with van der Waals surface area (Å²) in [6.07, 6.45) is 13.6. The number of pyridine rings is 1. The number of fused-ring (bicyclic) bond motifs is 3. The van der Waals surface area contributed by atoms with Gasteiger partial charge in [-0.2, -0.15) is 10.8 Å². The SMILES string of the molecule is C#CC#CC#CC#CC#CC#CC#CC#CC#CC#CC#CC#CC#CC.N#Cc1cccc2c1[C@@H](N)C1(CCN(c3cnc4c(n3)CN=C4N3CCCc4ncccc43)CC1)C2.N=N/N=N/N=N/N=N/N.[HH].[HH].[HH].[HH].[HH].[HH].[HH].[HH].[HH].[HH].[HH]. The number of nitriles is 1. The summed E-state index contributed by atoms with van der Waals surface area (Å²) in [5.41, 5.74) is 20.0. The van der Waals surface area contributed by atoms with Crippen LogP contribution in [0.15, 0.2) is 84.3 Å². The van der Waals surface area contributed by atoms with Crippen LogP contribution in [0.5, 0.6) is 0 Å². The van der Waals surface area contributed by atoms with Gasteiger partial charge in [0.1, 0.15) is 11.5 Å². The standard InChI is InChI=1S/C28H28N8.C27H4.H3N9.11H2/c29-15-19-5-1-4-18-14-28(26(30)24(18)19)8-12-35(13-9-28)23-17-32-25-21(34-23)16-33-27(25)36-11-3-6-20-22(36)7-2-10-31-20;1-3-5-7-9-11-13-15-17-19-21-23-25-27-26-24-22-20-18-16-14-12-10-8-6-4-2;1-3-5-7-9-8-6-4-2;;;;;;;;;;;/h1-2,4-5,7,10,17,26H,3,6,8-9,11-14,16,30H2;1H,2H3;(H3,1,2,5,6,9);11*1H/t26-;;;;;;;;;;;;;/m1............./s1. The van der Waals surface area contributed by atoms with Crippen LogP contribution in [0.4, 0.5) is 11.5 Å².